The minimum absolute atomic E-state index is 0.0775. The van der Waals surface area contributed by atoms with E-state index >= 15 is 0 Å². The lowest BCUT2D eigenvalue weighted by atomic mass is 10.2. The van der Waals surface area contributed by atoms with Gasteiger partial charge in [0.25, 0.3) is 0 Å². The van der Waals surface area contributed by atoms with Crippen LogP contribution in [0.4, 0.5) is 11.6 Å². The largest absolute Gasteiger partial charge is 0.360 e. The summed E-state index contributed by atoms with van der Waals surface area (Å²) in [6, 6.07) is 1.48. The molecule has 1 amide bonds. The molecule has 1 unspecified atom stereocenters. The minimum Gasteiger partial charge on any atom is -0.360 e. The summed E-state index contributed by atoms with van der Waals surface area (Å²) in [4.78, 5) is 25.0. The summed E-state index contributed by atoms with van der Waals surface area (Å²) >= 11 is 0. The van der Waals surface area contributed by atoms with E-state index in [1.807, 2.05) is 6.92 Å². The Hall–Kier alpha value is -2.48. The molecule has 3 rings (SSSR count). The smallest absolute Gasteiger partial charge is 0.242 e. The Morgan fingerprint density at radius 1 is 1.30 bits per heavy atom. The van der Waals surface area contributed by atoms with E-state index in [1.165, 1.54) is 0 Å². The first kappa shape index (κ1) is 15.4. The summed E-state index contributed by atoms with van der Waals surface area (Å²) in [6.45, 7) is 6.92. The van der Waals surface area contributed by atoms with Crippen LogP contribution in [0.2, 0.25) is 0 Å². The molecule has 1 saturated heterocycles. The molecule has 1 atom stereocenters. The molecule has 23 heavy (non-hydrogen) atoms. The first-order valence-electron chi connectivity index (χ1n) is 7.62. The molecular formula is C15H20N6O2. The predicted octanol–water partition coefficient (Wildman–Crippen LogP) is 0.922. The van der Waals surface area contributed by atoms with Gasteiger partial charge in [0, 0.05) is 44.6 Å². The van der Waals surface area contributed by atoms with E-state index in [0.29, 0.717) is 11.6 Å². The van der Waals surface area contributed by atoms with Gasteiger partial charge < -0.3 is 14.7 Å². The molecular weight excluding hydrogens is 296 g/mol. The lowest BCUT2D eigenvalue weighted by molar-refractivity contribution is -0.120. The van der Waals surface area contributed by atoms with E-state index < -0.39 is 0 Å². The van der Waals surface area contributed by atoms with Gasteiger partial charge in [-0.25, -0.2) is 4.98 Å². The van der Waals surface area contributed by atoms with Crippen molar-refractivity contribution in [2.45, 2.75) is 19.9 Å². The number of anilines is 2. The van der Waals surface area contributed by atoms with E-state index in [1.54, 1.807) is 31.6 Å². The molecule has 8 heteroatoms. The van der Waals surface area contributed by atoms with Gasteiger partial charge in [-0.2, -0.15) is 0 Å². The Labute approximate surface area is 134 Å². The van der Waals surface area contributed by atoms with E-state index in [9.17, 15) is 4.79 Å². The molecule has 3 heterocycles. The second-order valence-electron chi connectivity index (χ2n) is 5.57. The summed E-state index contributed by atoms with van der Waals surface area (Å²) in [5, 5.41) is 6.57. The molecule has 0 aromatic carbocycles. The number of nitrogens with zero attached hydrogens (tertiary/aromatic N) is 5. The SMILES string of the molecule is Cc1cc(NC(=O)C(C)N2CCN(c3cnccn3)CC2)no1. The van der Waals surface area contributed by atoms with Gasteiger partial charge in [-0.15, -0.1) is 0 Å². The van der Waals surface area contributed by atoms with Crippen molar-refractivity contribution in [3.8, 4) is 0 Å². The maximum absolute atomic E-state index is 12.3. The first-order valence-corrected chi connectivity index (χ1v) is 7.62. The fourth-order valence-corrected chi connectivity index (χ4v) is 2.61. The topological polar surface area (TPSA) is 87.4 Å². The van der Waals surface area contributed by atoms with Crippen LogP contribution in [0, 0.1) is 6.92 Å². The minimum atomic E-state index is -0.226. The van der Waals surface area contributed by atoms with Gasteiger partial charge in [-0.1, -0.05) is 5.16 Å². The number of carbonyl (C=O) groups excluding carboxylic acids is 1. The Morgan fingerprint density at radius 2 is 2.09 bits per heavy atom. The number of aromatic nitrogens is 3. The number of nitrogens with one attached hydrogen (secondary N) is 1. The number of carbonyl (C=O) groups is 1. The fraction of sp³-hybridized carbons (Fsp3) is 0.467. The lowest BCUT2D eigenvalue weighted by Gasteiger charge is -2.37. The van der Waals surface area contributed by atoms with Crippen LogP contribution in [0.25, 0.3) is 0 Å². The molecule has 1 fully saturated rings. The lowest BCUT2D eigenvalue weighted by Crippen LogP contribution is -2.53. The second kappa shape index (κ2) is 6.74. The van der Waals surface area contributed by atoms with E-state index in [-0.39, 0.29) is 11.9 Å². The van der Waals surface area contributed by atoms with Gasteiger partial charge in [-0.3, -0.25) is 14.7 Å². The fourth-order valence-electron chi connectivity index (χ4n) is 2.61. The second-order valence-corrected chi connectivity index (χ2v) is 5.57. The number of piperazine rings is 1. The first-order chi connectivity index (χ1) is 11.1. The van der Waals surface area contributed by atoms with Gasteiger partial charge >= 0.3 is 0 Å². The molecule has 0 bridgehead atoms. The standard InChI is InChI=1S/C15H20N6O2/c1-11-9-13(19-23-11)18-15(22)12(2)20-5-7-21(8-6-20)14-10-16-3-4-17-14/h3-4,9-10,12H,5-8H2,1-2H3,(H,18,19,22). The Kier molecular flexibility index (Phi) is 4.52. The highest BCUT2D eigenvalue weighted by atomic mass is 16.5. The monoisotopic (exact) mass is 316 g/mol. The zero-order valence-electron chi connectivity index (χ0n) is 13.3. The Bertz CT molecular complexity index is 651. The van der Waals surface area contributed by atoms with E-state index in [2.05, 4.69) is 30.2 Å². The molecule has 1 aliphatic heterocycles. The maximum atomic E-state index is 12.3. The molecule has 0 aliphatic carbocycles. The van der Waals surface area contributed by atoms with E-state index in [4.69, 9.17) is 4.52 Å². The highest BCUT2D eigenvalue weighted by Gasteiger charge is 2.26. The molecule has 2 aromatic rings. The van der Waals surface area contributed by atoms with Crippen molar-refractivity contribution >= 4 is 17.5 Å². The van der Waals surface area contributed by atoms with Crippen molar-refractivity contribution < 1.29 is 9.32 Å². The average Bonchev–Trinajstić information content (AvgIpc) is 3.00. The van der Waals surface area contributed by atoms with Crippen LogP contribution in [-0.2, 0) is 4.79 Å². The van der Waals surface area contributed by atoms with Crippen LogP contribution in [0.15, 0.2) is 29.2 Å². The molecule has 1 N–H and O–H groups in total. The average molecular weight is 316 g/mol. The van der Waals surface area contributed by atoms with Gasteiger partial charge in [-0.05, 0) is 13.8 Å². The quantitative estimate of drug-likeness (QED) is 0.897. The molecule has 8 nitrogen and oxygen atoms in total. The van der Waals surface area contributed by atoms with Crippen LogP contribution in [0.5, 0.6) is 0 Å². The molecule has 1 aliphatic rings. The van der Waals surface area contributed by atoms with Crippen molar-refractivity contribution in [1.29, 1.82) is 0 Å². The van der Waals surface area contributed by atoms with Gasteiger partial charge in [0.05, 0.1) is 12.2 Å². The van der Waals surface area contributed by atoms with Crippen molar-refractivity contribution in [3.63, 3.8) is 0 Å². The van der Waals surface area contributed by atoms with Crippen molar-refractivity contribution in [2.24, 2.45) is 0 Å². The molecule has 122 valence electrons. The predicted molar refractivity (Wildman–Crippen MR) is 85.1 cm³/mol. The van der Waals surface area contributed by atoms with Crippen LogP contribution in [-0.4, -0.2) is 58.2 Å². The highest BCUT2D eigenvalue weighted by Crippen LogP contribution is 2.14. The zero-order valence-corrected chi connectivity index (χ0v) is 13.3. The van der Waals surface area contributed by atoms with Gasteiger partial charge in [0.15, 0.2) is 5.82 Å². The zero-order chi connectivity index (χ0) is 16.2. The summed E-state index contributed by atoms with van der Waals surface area (Å²) in [7, 11) is 0. The summed E-state index contributed by atoms with van der Waals surface area (Å²) in [5.41, 5.74) is 0. The van der Waals surface area contributed by atoms with Crippen LogP contribution in [0.3, 0.4) is 0 Å². The van der Waals surface area contributed by atoms with Crippen LogP contribution in [0.1, 0.15) is 12.7 Å². The summed E-state index contributed by atoms with van der Waals surface area (Å²) < 4.78 is 4.96. The number of rotatable bonds is 4. The molecule has 0 saturated carbocycles. The third-order valence-electron chi connectivity index (χ3n) is 3.99. The molecule has 2 aromatic heterocycles. The Balaban J connectivity index is 1.53. The summed E-state index contributed by atoms with van der Waals surface area (Å²) in [6.07, 6.45) is 5.12. The van der Waals surface area contributed by atoms with Crippen molar-refractivity contribution in [3.05, 3.63) is 30.4 Å². The molecule has 0 radical (unpaired) electrons. The van der Waals surface area contributed by atoms with Crippen LogP contribution < -0.4 is 10.2 Å². The third kappa shape index (κ3) is 3.65. The Morgan fingerprint density at radius 3 is 2.70 bits per heavy atom. The van der Waals surface area contributed by atoms with Crippen molar-refractivity contribution in [1.82, 2.24) is 20.0 Å². The normalized spacial score (nSPS) is 17.0. The highest BCUT2D eigenvalue weighted by molar-refractivity contribution is 5.93. The maximum Gasteiger partial charge on any atom is 0.242 e. The van der Waals surface area contributed by atoms with Gasteiger partial charge in [0.1, 0.15) is 11.6 Å². The number of amides is 1. The number of hydrogen-bond acceptors (Lipinski definition) is 7. The van der Waals surface area contributed by atoms with Gasteiger partial charge in [0.2, 0.25) is 5.91 Å². The number of hydrogen-bond donors (Lipinski definition) is 1. The third-order valence-corrected chi connectivity index (χ3v) is 3.99. The van der Waals surface area contributed by atoms with Crippen molar-refractivity contribution in [2.75, 3.05) is 36.4 Å². The molecule has 0 spiro atoms. The summed E-state index contributed by atoms with van der Waals surface area (Å²) in [5.74, 6) is 1.93. The number of aryl methyl sites for hydroxylation is 1. The van der Waals surface area contributed by atoms with E-state index in [0.717, 1.165) is 32.0 Å². The van der Waals surface area contributed by atoms with Crippen LogP contribution >= 0.6 is 0 Å².